The van der Waals surface area contributed by atoms with Crippen LogP contribution in [0, 0.1) is 0 Å². The molecule has 0 fully saturated rings. The van der Waals surface area contributed by atoms with E-state index in [1.807, 2.05) is 30.3 Å². The summed E-state index contributed by atoms with van der Waals surface area (Å²) in [5.74, 6) is -0.608. The van der Waals surface area contributed by atoms with Crippen molar-refractivity contribution in [3.8, 4) is 5.75 Å². The number of hydrogen-bond donors (Lipinski definition) is 1. The Morgan fingerprint density at radius 1 is 1.05 bits per heavy atom. The van der Waals surface area contributed by atoms with Gasteiger partial charge < -0.3 is 15.2 Å². The third-order valence-electron chi connectivity index (χ3n) is 3.12. The monoisotopic (exact) mass is 299 g/mol. The third kappa shape index (κ3) is 3.93. The van der Waals surface area contributed by atoms with E-state index in [9.17, 15) is 9.59 Å². The molecule has 0 unspecified atom stereocenters. The van der Waals surface area contributed by atoms with Crippen LogP contribution in [0.3, 0.4) is 0 Å². The summed E-state index contributed by atoms with van der Waals surface area (Å²) in [6.45, 7) is 0.440. The van der Waals surface area contributed by atoms with Gasteiger partial charge in [-0.15, -0.1) is 0 Å². The maximum Gasteiger partial charge on any atom is 0.330 e. The highest BCUT2D eigenvalue weighted by atomic mass is 16.5. The van der Waals surface area contributed by atoms with Crippen LogP contribution in [0.2, 0.25) is 0 Å². The van der Waals surface area contributed by atoms with Crippen LogP contribution in [-0.4, -0.2) is 24.9 Å². The molecule has 2 rings (SSSR count). The summed E-state index contributed by atoms with van der Waals surface area (Å²) in [4.78, 5) is 23.2. The zero-order valence-electron chi connectivity index (χ0n) is 12.2. The number of esters is 1. The first-order valence-electron chi connectivity index (χ1n) is 6.76. The number of nitrogens with two attached hydrogens (primary N) is 1. The van der Waals surface area contributed by atoms with E-state index in [0.717, 1.165) is 5.56 Å². The van der Waals surface area contributed by atoms with E-state index in [2.05, 4.69) is 4.74 Å². The van der Waals surface area contributed by atoms with Crippen molar-refractivity contribution < 1.29 is 19.1 Å². The molecule has 2 aromatic rings. The molecule has 1 atom stereocenters. The van der Waals surface area contributed by atoms with E-state index in [4.69, 9.17) is 10.5 Å². The average Bonchev–Trinajstić information content (AvgIpc) is 2.59. The summed E-state index contributed by atoms with van der Waals surface area (Å²) in [6, 6.07) is 14.9. The number of Topliss-reactive ketones (excluding diaryl/α,β-unsaturated/α-hetero) is 1. The highest BCUT2D eigenvalue weighted by Gasteiger charge is 2.23. The molecule has 0 spiro atoms. The Kier molecular flexibility index (Phi) is 5.27. The molecular weight excluding hydrogens is 282 g/mol. The molecule has 0 aromatic heterocycles. The molecule has 0 heterocycles. The first kappa shape index (κ1) is 15.7. The van der Waals surface area contributed by atoms with Gasteiger partial charge in [0.15, 0.2) is 11.8 Å². The van der Waals surface area contributed by atoms with Crippen LogP contribution in [0.5, 0.6) is 5.75 Å². The van der Waals surface area contributed by atoms with E-state index in [0.29, 0.717) is 17.9 Å². The fourth-order valence-electron chi connectivity index (χ4n) is 1.87. The second-order valence-electron chi connectivity index (χ2n) is 4.66. The van der Waals surface area contributed by atoms with Gasteiger partial charge in [-0.25, -0.2) is 4.79 Å². The molecule has 2 aromatic carbocycles. The number of ketones is 1. The molecule has 0 bridgehead atoms. The summed E-state index contributed by atoms with van der Waals surface area (Å²) < 4.78 is 10.1. The SMILES string of the molecule is COC(=O)[C@H](N)C(=O)c1ccc(OCc2ccccc2)cc1. The minimum Gasteiger partial charge on any atom is -0.489 e. The summed E-state index contributed by atoms with van der Waals surface area (Å²) >= 11 is 0. The Morgan fingerprint density at radius 2 is 1.68 bits per heavy atom. The zero-order valence-corrected chi connectivity index (χ0v) is 12.2. The Hall–Kier alpha value is -2.66. The first-order valence-corrected chi connectivity index (χ1v) is 6.76. The number of ether oxygens (including phenoxy) is 2. The Balaban J connectivity index is 1.98. The minimum absolute atomic E-state index is 0.338. The second-order valence-corrected chi connectivity index (χ2v) is 4.66. The standard InChI is InChI=1S/C17H17NO4/c1-21-17(20)15(18)16(19)13-7-9-14(10-8-13)22-11-12-5-3-2-4-6-12/h2-10,15H,11,18H2,1H3/t15-/m1/s1. The second kappa shape index (κ2) is 7.38. The van der Waals surface area contributed by atoms with E-state index < -0.39 is 17.8 Å². The lowest BCUT2D eigenvalue weighted by molar-refractivity contribution is -0.140. The molecule has 0 amide bonds. The maximum atomic E-state index is 12.0. The predicted molar refractivity (Wildman–Crippen MR) is 81.5 cm³/mol. The molecule has 0 aliphatic heterocycles. The fourth-order valence-corrected chi connectivity index (χ4v) is 1.87. The molecule has 0 aliphatic rings. The zero-order chi connectivity index (χ0) is 15.9. The number of carbonyl (C=O) groups is 2. The fraction of sp³-hybridized carbons (Fsp3) is 0.176. The quantitative estimate of drug-likeness (QED) is 0.501. The minimum atomic E-state index is -1.30. The van der Waals surface area contributed by atoms with Crippen molar-refractivity contribution in [2.45, 2.75) is 12.6 Å². The topological polar surface area (TPSA) is 78.6 Å². The van der Waals surface area contributed by atoms with Gasteiger partial charge in [0.25, 0.3) is 0 Å². The van der Waals surface area contributed by atoms with Gasteiger partial charge in [-0.1, -0.05) is 30.3 Å². The van der Waals surface area contributed by atoms with Crippen LogP contribution in [0.25, 0.3) is 0 Å². The van der Waals surface area contributed by atoms with Gasteiger partial charge in [0.2, 0.25) is 0 Å². The average molecular weight is 299 g/mol. The molecule has 0 saturated carbocycles. The lowest BCUT2D eigenvalue weighted by Crippen LogP contribution is -2.39. The molecule has 114 valence electrons. The van der Waals surface area contributed by atoms with Crippen molar-refractivity contribution in [2.75, 3.05) is 7.11 Å². The lowest BCUT2D eigenvalue weighted by atomic mass is 10.1. The van der Waals surface area contributed by atoms with Gasteiger partial charge in [-0.05, 0) is 29.8 Å². The molecule has 0 aliphatic carbocycles. The first-order chi connectivity index (χ1) is 10.6. The van der Waals surface area contributed by atoms with Crippen molar-refractivity contribution in [1.29, 1.82) is 0 Å². The van der Waals surface area contributed by atoms with Gasteiger partial charge >= 0.3 is 5.97 Å². The molecule has 0 radical (unpaired) electrons. The van der Waals surface area contributed by atoms with Crippen LogP contribution >= 0.6 is 0 Å². The van der Waals surface area contributed by atoms with Gasteiger partial charge in [0, 0.05) is 5.56 Å². The molecule has 5 nitrogen and oxygen atoms in total. The summed E-state index contributed by atoms with van der Waals surface area (Å²) in [5.41, 5.74) is 6.91. The van der Waals surface area contributed by atoms with E-state index in [1.54, 1.807) is 24.3 Å². The summed E-state index contributed by atoms with van der Waals surface area (Å²) in [5, 5.41) is 0. The predicted octanol–water partition coefficient (Wildman–Crippen LogP) is 1.95. The van der Waals surface area contributed by atoms with Crippen molar-refractivity contribution in [1.82, 2.24) is 0 Å². The van der Waals surface area contributed by atoms with Crippen LogP contribution < -0.4 is 10.5 Å². The van der Waals surface area contributed by atoms with Crippen LogP contribution in [0.15, 0.2) is 54.6 Å². The van der Waals surface area contributed by atoms with Crippen molar-refractivity contribution in [2.24, 2.45) is 5.73 Å². The number of methoxy groups -OCH3 is 1. The van der Waals surface area contributed by atoms with Gasteiger partial charge in [0.05, 0.1) is 7.11 Å². The normalized spacial score (nSPS) is 11.5. The molecule has 2 N–H and O–H groups in total. The lowest BCUT2D eigenvalue weighted by Gasteiger charge is -2.09. The molecular formula is C17H17NO4. The Morgan fingerprint density at radius 3 is 2.27 bits per heavy atom. The van der Waals surface area contributed by atoms with Gasteiger partial charge in [-0.2, -0.15) is 0 Å². The Bertz CT molecular complexity index is 637. The van der Waals surface area contributed by atoms with Gasteiger partial charge in [-0.3, -0.25) is 4.79 Å². The van der Waals surface area contributed by atoms with Crippen molar-refractivity contribution >= 4 is 11.8 Å². The van der Waals surface area contributed by atoms with Crippen molar-refractivity contribution in [3.05, 3.63) is 65.7 Å². The number of carbonyl (C=O) groups excluding carboxylic acids is 2. The van der Waals surface area contributed by atoms with Gasteiger partial charge in [0.1, 0.15) is 12.4 Å². The Labute approximate surface area is 128 Å². The van der Waals surface area contributed by atoms with Crippen LogP contribution in [0.4, 0.5) is 0 Å². The number of benzene rings is 2. The molecule has 22 heavy (non-hydrogen) atoms. The third-order valence-corrected chi connectivity index (χ3v) is 3.12. The van der Waals surface area contributed by atoms with E-state index in [1.165, 1.54) is 7.11 Å². The van der Waals surface area contributed by atoms with Crippen LogP contribution in [0.1, 0.15) is 15.9 Å². The smallest absolute Gasteiger partial charge is 0.330 e. The van der Waals surface area contributed by atoms with Crippen molar-refractivity contribution in [3.63, 3.8) is 0 Å². The number of hydrogen-bond acceptors (Lipinski definition) is 5. The molecule has 5 heteroatoms. The van der Waals surface area contributed by atoms with E-state index >= 15 is 0 Å². The maximum absolute atomic E-state index is 12.0. The largest absolute Gasteiger partial charge is 0.489 e. The van der Waals surface area contributed by atoms with E-state index in [-0.39, 0.29) is 0 Å². The number of rotatable bonds is 6. The van der Waals surface area contributed by atoms with Crippen LogP contribution in [-0.2, 0) is 16.1 Å². The summed E-state index contributed by atoms with van der Waals surface area (Å²) in [6.07, 6.45) is 0. The highest BCUT2D eigenvalue weighted by Crippen LogP contribution is 2.15. The molecule has 0 saturated heterocycles. The highest BCUT2D eigenvalue weighted by molar-refractivity contribution is 6.11. The summed E-state index contributed by atoms with van der Waals surface area (Å²) in [7, 11) is 1.19.